The second-order valence-electron chi connectivity index (χ2n) is 4.00. The molecule has 0 spiro atoms. The summed E-state index contributed by atoms with van der Waals surface area (Å²) in [6, 6.07) is 5.93. The first-order chi connectivity index (χ1) is 7.29. The van der Waals surface area contributed by atoms with Crippen molar-refractivity contribution in [3.05, 3.63) is 23.8 Å². The van der Waals surface area contributed by atoms with Crippen molar-refractivity contribution in [3.63, 3.8) is 0 Å². The Morgan fingerprint density at radius 3 is 3.07 bits per heavy atom. The molecule has 1 atom stereocenters. The van der Waals surface area contributed by atoms with Gasteiger partial charge in [-0.3, -0.25) is 0 Å². The molecule has 2 N–H and O–H groups in total. The maximum Gasteiger partial charge on any atom is 0.119 e. The van der Waals surface area contributed by atoms with Crippen LogP contribution in [0.2, 0.25) is 0 Å². The minimum atomic E-state index is 0.796. The Kier molecular flexibility index (Phi) is 3.41. The summed E-state index contributed by atoms with van der Waals surface area (Å²) in [5, 5.41) is 0. The summed E-state index contributed by atoms with van der Waals surface area (Å²) >= 11 is 2.05. The van der Waals surface area contributed by atoms with Gasteiger partial charge in [-0.25, -0.2) is 0 Å². The van der Waals surface area contributed by atoms with Crippen molar-refractivity contribution in [1.29, 1.82) is 0 Å². The smallest absolute Gasteiger partial charge is 0.119 e. The number of benzene rings is 1. The normalized spacial score (nSPS) is 20.5. The monoisotopic (exact) mass is 223 g/mol. The van der Waals surface area contributed by atoms with Gasteiger partial charge in [-0.05, 0) is 54.0 Å². The predicted octanol–water partition coefficient (Wildman–Crippen LogP) is 2.57. The molecule has 1 aliphatic rings. The quantitative estimate of drug-likeness (QED) is 0.800. The lowest BCUT2D eigenvalue weighted by atomic mass is 9.97. The summed E-state index contributed by atoms with van der Waals surface area (Å²) in [5.74, 6) is 4.28. The molecule has 0 radical (unpaired) electrons. The zero-order valence-corrected chi connectivity index (χ0v) is 9.85. The third-order valence-electron chi connectivity index (χ3n) is 2.88. The molecule has 1 saturated heterocycles. The van der Waals surface area contributed by atoms with Crippen LogP contribution in [0.1, 0.15) is 12.0 Å². The molecule has 2 nitrogen and oxygen atoms in total. The molecular weight excluding hydrogens is 206 g/mol. The minimum absolute atomic E-state index is 0.796. The van der Waals surface area contributed by atoms with E-state index in [4.69, 9.17) is 10.5 Å². The molecule has 0 saturated carbocycles. The third kappa shape index (κ3) is 2.59. The van der Waals surface area contributed by atoms with E-state index in [9.17, 15) is 0 Å². The standard InChI is InChI=1S/C12H17NOS/c1-14-11-2-3-12(13)10(7-11)6-9-4-5-15-8-9/h2-3,7,9H,4-6,8,13H2,1H3. The van der Waals surface area contributed by atoms with Crippen LogP contribution in [0.5, 0.6) is 5.75 Å². The van der Waals surface area contributed by atoms with Crippen molar-refractivity contribution in [2.75, 3.05) is 24.3 Å². The topological polar surface area (TPSA) is 35.2 Å². The molecule has 1 unspecified atom stereocenters. The molecule has 1 fully saturated rings. The molecule has 0 aromatic heterocycles. The lowest BCUT2D eigenvalue weighted by Gasteiger charge is -2.11. The average Bonchev–Trinajstić information content (AvgIpc) is 2.74. The lowest BCUT2D eigenvalue weighted by molar-refractivity contribution is 0.414. The van der Waals surface area contributed by atoms with Crippen molar-refractivity contribution in [2.45, 2.75) is 12.8 Å². The SMILES string of the molecule is COc1ccc(N)c(CC2CCSC2)c1. The number of anilines is 1. The summed E-state index contributed by atoms with van der Waals surface area (Å²) < 4.78 is 5.21. The number of methoxy groups -OCH3 is 1. The van der Waals surface area contributed by atoms with Crippen LogP contribution in [0.4, 0.5) is 5.69 Å². The van der Waals surface area contributed by atoms with Crippen molar-refractivity contribution in [3.8, 4) is 5.75 Å². The molecule has 0 aliphatic carbocycles. The fraction of sp³-hybridized carbons (Fsp3) is 0.500. The van der Waals surface area contributed by atoms with Gasteiger partial charge in [-0.1, -0.05) is 0 Å². The highest BCUT2D eigenvalue weighted by atomic mass is 32.2. The van der Waals surface area contributed by atoms with Crippen LogP contribution in [-0.4, -0.2) is 18.6 Å². The number of thioether (sulfide) groups is 1. The summed E-state index contributed by atoms with van der Waals surface area (Å²) in [6.45, 7) is 0. The van der Waals surface area contributed by atoms with Gasteiger partial charge in [-0.2, -0.15) is 11.8 Å². The number of ether oxygens (including phenoxy) is 1. The van der Waals surface area contributed by atoms with E-state index < -0.39 is 0 Å². The van der Waals surface area contributed by atoms with Gasteiger partial charge < -0.3 is 10.5 Å². The van der Waals surface area contributed by atoms with Crippen LogP contribution in [0.15, 0.2) is 18.2 Å². The van der Waals surface area contributed by atoms with E-state index >= 15 is 0 Å². The third-order valence-corrected chi connectivity index (χ3v) is 4.11. The Balaban J connectivity index is 2.11. The van der Waals surface area contributed by atoms with E-state index in [2.05, 4.69) is 6.07 Å². The minimum Gasteiger partial charge on any atom is -0.497 e. The Labute approximate surface area is 95.2 Å². The van der Waals surface area contributed by atoms with Crippen molar-refractivity contribution in [1.82, 2.24) is 0 Å². The molecule has 1 aliphatic heterocycles. The van der Waals surface area contributed by atoms with Gasteiger partial charge in [0.05, 0.1) is 7.11 Å². The van der Waals surface area contributed by atoms with Crippen molar-refractivity contribution in [2.24, 2.45) is 5.92 Å². The summed E-state index contributed by atoms with van der Waals surface area (Å²) in [7, 11) is 1.70. The van der Waals surface area contributed by atoms with E-state index in [1.165, 1.54) is 23.5 Å². The van der Waals surface area contributed by atoms with E-state index in [0.717, 1.165) is 23.8 Å². The fourth-order valence-corrected chi connectivity index (χ4v) is 3.23. The molecule has 82 valence electrons. The van der Waals surface area contributed by atoms with Gasteiger partial charge in [0.25, 0.3) is 0 Å². The molecular formula is C12H17NOS. The maximum absolute atomic E-state index is 5.96. The lowest BCUT2D eigenvalue weighted by Crippen LogP contribution is -2.05. The number of hydrogen-bond acceptors (Lipinski definition) is 3. The number of hydrogen-bond donors (Lipinski definition) is 1. The van der Waals surface area contributed by atoms with Crippen LogP contribution in [0, 0.1) is 5.92 Å². The van der Waals surface area contributed by atoms with Gasteiger partial charge in [0.1, 0.15) is 5.75 Å². The molecule has 0 amide bonds. The van der Waals surface area contributed by atoms with Gasteiger partial charge in [0, 0.05) is 5.69 Å². The second-order valence-corrected chi connectivity index (χ2v) is 5.15. The zero-order chi connectivity index (χ0) is 10.7. The average molecular weight is 223 g/mol. The van der Waals surface area contributed by atoms with Crippen LogP contribution in [0.25, 0.3) is 0 Å². The second kappa shape index (κ2) is 4.79. The Bertz CT molecular complexity index is 334. The van der Waals surface area contributed by atoms with Gasteiger partial charge in [-0.15, -0.1) is 0 Å². The van der Waals surface area contributed by atoms with E-state index in [0.29, 0.717) is 0 Å². The van der Waals surface area contributed by atoms with Gasteiger partial charge >= 0.3 is 0 Å². The van der Waals surface area contributed by atoms with Crippen LogP contribution >= 0.6 is 11.8 Å². The Morgan fingerprint density at radius 1 is 1.53 bits per heavy atom. The first-order valence-corrected chi connectivity index (χ1v) is 6.45. The Hall–Kier alpha value is -0.830. The summed E-state index contributed by atoms with van der Waals surface area (Å²) in [4.78, 5) is 0. The predicted molar refractivity (Wildman–Crippen MR) is 66.5 cm³/mol. The first kappa shape index (κ1) is 10.7. The van der Waals surface area contributed by atoms with E-state index in [1.807, 2.05) is 23.9 Å². The largest absolute Gasteiger partial charge is 0.497 e. The molecule has 0 bridgehead atoms. The van der Waals surface area contributed by atoms with Crippen LogP contribution in [-0.2, 0) is 6.42 Å². The van der Waals surface area contributed by atoms with E-state index in [-0.39, 0.29) is 0 Å². The number of nitrogen functional groups attached to an aromatic ring is 1. The van der Waals surface area contributed by atoms with Gasteiger partial charge in [0.15, 0.2) is 0 Å². The maximum atomic E-state index is 5.96. The zero-order valence-electron chi connectivity index (χ0n) is 9.03. The highest BCUT2D eigenvalue weighted by Crippen LogP contribution is 2.29. The summed E-state index contributed by atoms with van der Waals surface area (Å²) in [6.07, 6.45) is 2.41. The summed E-state index contributed by atoms with van der Waals surface area (Å²) in [5.41, 5.74) is 8.09. The fourth-order valence-electron chi connectivity index (χ4n) is 1.94. The molecule has 15 heavy (non-hydrogen) atoms. The van der Waals surface area contributed by atoms with E-state index in [1.54, 1.807) is 7.11 Å². The molecule has 3 heteroatoms. The number of nitrogens with two attached hydrogens (primary N) is 1. The van der Waals surface area contributed by atoms with Gasteiger partial charge in [0.2, 0.25) is 0 Å². The van der Waals surface area contributed by atoms with Crippen LogP contribution < -0.4 is 10.5 Å². The molecule has 1 aromatic rings. The highest BCUT2D eigenvalue weighted by molar-refractivity contribution is 7.99. The highest BCUT2D eigenvalue weighted by Gasteiger charge is 2.17. The first-order valence-electron chi connectivity index (χ1n) is 5.29. The molecule has 1 heterocycles. The number of rotatable bonds is 3. The van der Waals surface area contributed by atoms with Crippen molar-refractivity contribution < 1.29 is 4.74 Å². The van der Waals surface area contributed by atoms with Crippen molar-refractivity contribution >= 4 is 17.4 Å². The molecule has 1 aromatic carbocycles. The van der Waals surface area contributed by atoms with Crippen LogP contribution in [0.3, 0.4) is 0 Å². The molecule has 2 rings (SSSR count). The Morgan fingerprint density at radius 2 is 2.40 bits per heavy atom.